The lowest BCUT2D eigenvalue weighted by molar-refractivity contribution is 0.163. The Morgan fingerprint density at radius 2 is 2.00 bits per heavy atom. The second-order valence-corrected chi connectivity index (χ2v) is 4.54. The average Bonchev–Trinajstić information content (AvgIpc) is 1.99. The topological polar surface area (TPSA) is 47.6 Å². The highest BCUT2D eigenvalue weighted by Crippen LogP contribution is 2.12. The summed E-state index contributed by atoms with van der Waals surface area (Å²) in [6.07, 6.45) is 0. The van der Waals surface area contributed by atoms with E-state index in [1.807, 2.05) is 0 Å². The van der Waals surface area contributed by atoms with Gasteiger partial charge in [-0.2, -0.15) is 0 Å². The molecule has 0 heterocycles. The molecule has 2 N–H and O–H groups in total. The summed E-state index contributed by atoms with van der Waals surface area (Å²) in [7, 11) is 1.70. The molecule has 3 heteroatoms. The van der Waals surface area contributed by atoms with E-state index < -0.39 is 0 Å². The van der Waals surface area contributed by atoms with Crippen molar-refractivity contribution in [1.82, 2.24) is 0 Å². The molecule has 0 aliphatic heterocycles. The van der Waals surface area contributed by atoms with Gasteiger partial charge < -0.3 is 10.5 Å². The molecule has 1 unspecified atom stereocenters. The Morgan fingerprint density at radius 1 is 1.46 bits per heavy atom. The molecule has 3 nitrogen and oxygen atoms in total. The molecule has 0 aliphatic rings. The molecule has 78 valence electrons. The first-order chi connectivity index (χ1) is 5.88. The quantitative estimate of drug-likeness (QED) is 0.536. The van der Waals surface area contributed by atoms with E-state index in [9.17, 15) is 0 Å². The van der Waals surface area contributed by atoms with Crippen LogP contribution in [0.3, 0.4) is 0 Å². The summed E-state index contributed by atoms with van der Waals surface area (Å²) in [5.41, 5.74) is 5.78. The molecule has 0 amide bonds. The Hall–Kier alpha value is -0.570. The maximum atomic E-state index is 5.80. The third kappa shape index (κ3) is 5.64. The fraction of sp³-hybridized carbons (Fsp3) is 0.900. The minimum atomic E-state index is -0.0210. The van der Waals surface area contributed by atoms with Crippen molar-refractivity contribution in [1.29, 1.82) is 0 Å². The SMILES string of the molecule is COCC(C)CN=C(N)C(C)(C)C. The van der Waals surface area contributed by atoms with E-state index in [2.05, 4.69) is 32.7 Å². The second-order valence-electron chi connectivity index (χ2n) is 4.54. The second kappa shape index (κ2) is 5.22. The van der Waals surface area contributed by atoms with Gasteiger partial charge in [0, 0.05) is 19.1 Å². The fourth-order valence-electron chi connectivity index (χ4n) is 0.829. The molecule has 0 aromatic heterocycles. The lowest BCUT2D eigenvalue weighted by atomic mass is 9.95. The van der Waals surface area contributed by atoms with Gasteiger partial charge in [-0.25, -0.2) is 0 Å². The minimum absolute atomic E-state index is 0.0210. The Balaban J connectivity index is 3.97. The molecule has 0 aromatic rings. The standard InChI is InChI=1S/C10H22N2O/c1-8(7-13-5)6-12-9(11)10(2,3)4/h8H,6-7H2,1-5H3,(H2,11,12). The molecule has 0 bridgehead atoms. The number of amidine groups is 1. The van der Waals surface area contributed by atoms with Crippen molar-refractivity contribution in [3.8, 4) is 0 Å². The number of rotatable bonds is 4. The monoisotopic (exact) mass is 186 g/mol. The van der Waals surface area contributed by atoms with Crippen molar-refractivity contribution in [3.05, 3.63) is 0 Å². The molecule has 0 fully saturated rings. The Morgan fingerprint density at radius 3 is 2.38 bits per heavy atom. The van der Waals surface area contributed by atoms with Gasteiger partial charge in [0.25, 0.3) is 0 Å². The van der Waals surface area contributed by atoms with E-state index in [0.717, 1.165) is 19.0 Å². The van der Waals surface area contributed by atoms with Gasteiger partial charge in [-0.1, -0.05) is 27.7 Å². The lowest BCUT2D eigenvalue weighted by Gasteiger charge is -2.18. The molecule has 0 saturated heterocycles. The molecular weight excluding hydrogens is 164 g/mol. The summed E-state index contributed by atoms with van der Waals surface area (Å²) >= 11 is 0. The van der Waals surface area contributed by atoms with Crippen LogP contribution in [0.5, 0.6) is 0 Å². The van der Waals surface area contributed by atoms with Gasteiger partial charge in [-0.15, -0.1) is 0 Å². The highest BCUT2D eigenvalue weighted by Gasteiger charge is 2.15. The number of methoxy groups -OCH3 is 1. The van der Waals surface area contributed by atoms with E-state index in [1.54, 1.807) is 7.11 Å². The zero-order valence-corrected chi connectivity index (χ0v) is 9.42. The van der Waals surface area contributed by atoms with Crippen molar-refractivity contribution in [2.24, 2.45) is 22.1 Å². The smallest absolute Gasteiger partial charge is 0.0991 e. The van der Waals surface area contributed by atoms with Gasteiger partial charge in [-0.3, -0.25) is 4.99 Å². The summed E-state index contributed by atoms with van der Waals surface area (Å²) in [6.45, 7) is 9.77. The van der Waals surface area contributed by atoms with E-state index in [1.165, 1.54) is 0 Å². The predicted octanol–water partition coefficient (Wildman–Crippen LogP) is 1.67. The number of hydrogen-bond donors (Lipinski definition) is 1. The van der Waals surface area contributed by atoms with Gasteiger partial charge >= 0.3 is 0 Å². The van der Waals surface area contributed by atoms with Gasteiger partial charge in [0.05, 0.1) is 12.4 Å². The zero-order valence-electron chi connectivity index (χ0n) is 9.42. The van der Waals surface area contributed by atoms with Crippen LogP contribution >= 0.6 is 0 Å². The average molecular weight is 186 g/mol. The Labute approximate surface area is 81.4 Å². The normalized spacial score (nSPS) is 15.9. The molecule has 0 aromatic carbocycles. The van der Waals surface area contributed by atoms with Crippen LogP contribution < -0.4 is 5.73 Å². The molecule has 0 spiro atoms. The third-order valence-electron chi connectivity index (χ3n) is 1.79. The number of aliphatic imine (C=N–C) groups is 1. The van der Waals surface area contributed by atoms with E-state index >= 15 is 0 Å². The fourth-order valence-corrected chi connectivity index (χ4v) is 0.829. The summed E-state index contributed by atoms with van der Waals surface area (Å²) in [4.78, 5) is 4.33. The molecule has 0 saturated carbocycles. The van der Waals surface area contributed by atoms with Crippen molar-refractivity contribution in [2.45, 2.75) is 27.7 Å². The first kappa shape index (κ1) is 12.4. The first-order valence-corrected chi connectivity index (χ1v) is 4.67. The summed E-state index contributed by atoms with van der Waals surface area (Å²) in [5.74, 6) is 1.15. The van der Waals surface area contributed by atoms with E-state index in [0.29, 0.717) is 5.92 Å². The maximum Gasteiger partial charge on any atom is 0.0991 e. The molecule has 0 aliphatic carbocycles. The lowest BCUT2D eigenvalue weighted by Crippen LogP contribution is -2.29. The van der Waals surface area contributed by atoms with Crippen molar-refractivity contribution in [2.75, 3.05) is 20.3 Å². The third-order valence-corrected chi connectivity index (χ3v) is 1.79. The highest BCUT2D eigenvalue weighted by atomic mass is 16.5. The minimum Gasteiger partial charge on any atom is -0.387 e. The summed E-state index contributed by atoms with van der Waals surface area (Å²) in [5, 5.41) is 0. The molecule has 1 atom stereocenters. The van der Waals surface area contributed by atoms with Crippen LogP contribution in [0.4, 0.5) is 0 Å². The molecular formula is C10H22N2O. The van der Waals surface area contributed by atoms with Crippen molar-refractivity contribution < 1.29 is 4.74 Å². The number of nitrogens with zero attached hydrogens (tertiary/aromatic N) is 1. The highest BCUT2D eigenvalue weighted by molar-refractivity contribution is 5.85. The van der Waals surface area contributed by atoms with Crippen LogP contribution in [-0.4, -0.2) is 26.1 Å². The summed E-state index contributed by atoms with van der Waals surface area (Å²) in [6, 6.07) is 0. The van der Waals surface area contributed by atoms with E-state index in [-0.39, 0.29) is 5.41 Å². The van der Waals surface area contributed by atoms with Gasteiger partial charge in [0.15, 0.2) is 0 Å². The van der Waals surface area contributed by atoms with Gasteiger partial charge in [0.2, 0.25) is 0 Å². The molecule has 13 heavy (non-hydrogen) atoms. The van der Waals surface area contributed by atoms with Crippen LogP contribution in [0.2, 0.25) is 0 Å². The van der Waals surface area contributed by atoms with Crippen LogP contribution in [0.15, 0.2) is 4.99 Å². The first-order valence-electron chi connectivity index (χ1n) is 4.67. The Bertz CT molecular complexity index is 170. The number of nitrogens with two attached hydrogens (primary N) is 1. The van der Waals surface area contributed by atoms with Gasteiger partial charge in [-0.05, 0) is 5.92 Å². The van der Waals surface area contributed by atoms with Crippen molar-refractivity contribution in [3.63, 3.8) is 0 Å². The van der Waals surface area contributed by atoms with Crippen LogP contribution in [-0.2, 0) is 4.74 Å². The van der Waals surface area contributed by atoms with E-state index in [4.69, 9.17) is 10.5 Å². The zero-order chi connectivity index (χ0) is 10.5. The van der Waals surface area contributed by atoms with Crippen LogP contribution in [0.1, 0.15) is 27.7 Å². The maximum absolute atomic E-state index is 5.80. The Kier molecular flexibility index (Phi) is 4.99. The number of ether oxygens (including phenoxy) is 1. The van der Waals surface area contributed by atoms with Gasteiger partial charge in [0.1, 0.15) is 0 Å². The molecule has 0 radical (unpaired) electrons. The molecule has 0 rings (SSSR count). The number of hydrogen-bond acceptors (Lipinski definition) is 2. The largest absolute Gasteiger partial charge is 0.387 e. The van der Waals surface area contributed by atoms with Crippen LogP contribution in [0, 0.1) is 11.3 Å². The van der Waals surface area contributed by atoms with Crippen molar-refractivity contribution >= 4 is 5.84 Å². The summed E-state index contributed by atoms with van der Waals surface area (Å²) < 4.78 is 5.01. The van der Waals surface area contributed by atoms with Crippen LogP contribution in [0.25, 0.3) is 0 Å². The predicted molar refractivity (Wildman–Crippen MR) is 57.0 cm³/mol.